The number of fused-ring (bicyclic) bond motifs is 2. The highest BCUT2D eigenvalue weighted by Gasteiger charge is 2.30. The van der Waals surface area contributed by atoms with Gasteiger partial charge in [0.2, 0.25) is 5.95 Å². The topological polar surface area (TPSA) is 150 Å². The summed E-state index contributed by atoms with van der Waals surface area (Å²) in [5.74, 6) is 2.00. The van der Waals surface area contributed by atoms with Crippen LogP contribution in [0, 0.1) is 10.8 Å². The molecule has 4 N–H and O–H groups in total. The summed E-state index contributed by atoms with van der Waals surface area (Å²) < 4.78 is 15.7. The maximum absolute atomic E-state index is 13.6. The first kappa shape index (κ1) is 37.8. The molecule has 1 fully saturated rings. The van der Waals surface area contributed by atoms with E-state index in [0.717, 1.165) is 60.9 Å². The van der Waals surface area contributed by atoms with Crippen molar-refractivity contribution in [3.63, 3.8) is 0 Å². The number of piperidine rings is 1. The third kappa shape index (κ3) is 9.54. The number of likely N-dealkylation sites (N-methyl/N-ethyl adjacent to an activating group) is 1. The molecule has 14 nitrogen and oxygen atoms in total. The lowest BCUT2D eigenvalue weighted by molar-refractivity contribution is 0.159. The molecular formula is C39H55N11O3. The van der Waals surface area contributed by atoms with Crippen molar-refractivity contribution in [1.82, 2.24) is 39.9 Å². The van der Waals surface area contributed by atoms with E-state index in [1.54, 1.807) is 19.4 Å². The van der Waals surface area contributed by atoms with Crippen molar-refractivity contribution in [3.05, 3.63) is 78.0 Å². The molecule has 14 heteroatoms. The minimum absolute atomic E-state index is 0.181. The summed E-state index contributed by atoms with van der Waals surface area (Å²) in [7, 11) is 3.75. The molecule has 1 aromatic carbocycles. The van der Waals surface area contributed by atoms with Crippen LogP contribution in [-0.4, -0.2) is 87.5 Å². The van der Waals surface area contributed by atoms with Crippen molar-refractivity contribution in [2.75, 3.05) is 50.6 Å². The number of hydrogen-bond acceptors (Lipinski definition) is 10. The molecule has 2 aliphatic rings. The monoisotopic (exact) mass is 725 g/mol. The average Bonchev–Trinajstić information content (AvgIpc) is 3.77. The van der Waals surface area contributed by atoms with E-state index < -0.39 is 5.41 Å². The van der Waals surface area contributed by atoms with Crippen LogP contribution in [0.2, 0.25) is 0 Å². The normalized spacial score (nSPS) is 19.3. The molecule has 0 spiro atoms. The lowest BCUT2D eigenvalue weighted by atomic mass is 9.85. The zero-order chi connectivity index (χ0) is 37.5. The van der Waals surface area contributed by atoms with Gasteiger partial charge in [-0.25, -0.2) is 4.79 Å². The summed E-state index contributed by atoms with van der Waals surface area (Å²) in [4.78, 5) is 18.1. The Balaban J connectivity index is 1.13. The Hall–Kier alpha value is -4.95. The van der Waals surface area contributed by atoms with Crippen LogP contribution in [0.5, 0.6) is 5.75 Å². The molecule has 3 aromatic heterocycles. The van der Waals surface area contributed by atoms with Gasteiger partial charge in [0.1, 0.15) is 17.7 Å². The number of carbonyl (C=O) groups excluding carboxylic acids is 1. The molecule has 0 bridgehead atoms. The van der Waals surface area contributed by atoms with Crippen LogP contribution in [0.15, 0.2) is 66.9 Å². The van der Waals surface area contributed by atoms with Gasteiger partial charge in [0, 0.05) is 56.2 Å². The van der Waals surface area contributed by atoms with Gasteiger partial charge in [-0.1, -0.05) is 45.0 Å². The van der Waals surface area contributed by atoms with Gasteiger partial charge in [-0.3, -0.25) is 14.4 Å². The van der Waals surface area contributed by atoms with Crippen LogP contribution in [0.1, 0.15) is 83.1 Å². The maximum atomic E-state index is 13.6. The van der Waals surface area contributed by atoms with Gasteiger partial charge in [0.25, 0.3) is 0 Å². The summed E-state index contributed by atoms with van der Waals surface area (Å²) >= 11 is 0. The van der Waals surface area contributed by atoms with E-state index in [-0.39, 0.29) is 18.2 Å². The van der Waals surface area contributed by atoms with Crippen LogP contribution in [-0.2, 0) is 11.3 Å². The second kappa shape index (κ2) is 16.8. The zero-order valence-corrected chi connectivity index (χ0v) is 31.9. The van der Waals surface area contributed by atoms with Gasteiger partial charge >= 0.3 is 6.03 Å². The molecule has 1 aliphatic carbocycles. The van der Waals surface area contributed by atoms with E-state index in [4.69, 9.17) is 14.9 Å². The molecule has 53 heavy (non-hydrogen) atoms. The molecule has 284 valence electrons. The van der Waals surface area contributed by atoms with Gasteiger partial charge in [0.15, 0.2) is 5.65 Å². The van der Waals surface area contributed by atoms with Crippen molar-refractivity contribution in [1.29, 1.82) is 5.41 Å². The van der Waals surface area contributed by atoms with Crippen molar-refractivity contribution >= 4 is 29.0 Å². The number of carbonyl (C=O) groups is 1. The number of allylic oxidation sites excluding steroid dienone is 1. The maximum Gasteiger partial charge on any atom is 0.320 e. The summed E-state index contributed by atoms with van der Waals surface area (Å²) in [6.07, 6.45) is 12.0. The van der Waals surface area contributed by atoms with Crippen LogP contribution in [0.25, 0.3) is 5.65 Å². The fraction of sp³-hybridized carbons (Fsp3) is 0.513. The lowest BCUT2D eigenvalue weighted by Gasteiger charge is -2.33. The second-order valence-corrected chi connectivity index (χ2v) is 15.2. The van der Waals surface area contributed by atoms with Gasteiger partial charge in [-0.15, -0.1) is 10.2 Å². The Morgan fingerprint density at radius 3 is 2.64 bits per heavy atom. The van der Waals surface area contributed by atoms with E-state index in [2.05, 4.69) is 60.1 Å². The Morgan fingerprint density at radius 1 is 1.06 bits per heavy atom. The fourth-order valence-corrected chi connectivity index (χ4v) is 6.83. The number of nitrogens with zero attached hydrogens (tertiary/aromatic N) is 7. The number of urea groups is 1. The van der Waals surface area contributed by atoms with Crippen LogP contribution in [0.4, 0.5) is 16.4 Å². The van der Waals surface area contributed by atoms with E-state index in [1.165, 1.54) is 6.42 Å². The minimum atomic E-state index is -0.411. The smallest absolute Gasteiger partial charge is 0.320 e. The van der Waals surface area contributed by atoms with Crippen LogP contribution < -0.4 is 25.6 Å². The quantitative estimate of drug-likeness (QED) is 0.112. The molecule has 0 unspecified atom stereocenters. The van der Waals surface area contributed by atoms with Crippen LogP contribution >= 0.6 is 0 Å². The predicted octanol–water partition coefficient (Wildman–Crippen LogP) is 6.16. The summed E-state index contributed by atoms with van der Waals surface area (Å²) in [5.41, 5.74) is 3.53. The summed E-state index contributed by atoms with van der Waals surface area (Å²) in [6, 6.07) is 11.9. The Bertz CT molecular complexity index is 1890. The third-order valence-electron chi connectivity index (χ3n) is 10.1. The molecule has 0 radical (unpaired) electrons. The number of aromatic nitrogens is 5. The number of rotatable bonds is 14. The highest BCUT2D eigenvalue weighted by atomic mass is 16.5. The molecule has 4 heterocycles. The lowest BCUT2D eigenvalue weighted by Crippen LogP contribution is -2.41. The number of benzene rings is 1. The van der Waals surface area contributed by atoms with Gasteiger partial charge in [0.05, 0.1) is 37.3 Å². The molecule has 1 aliphatic heterocycles. The Morgan fingerprint density at radius 2 is 1.87 bits per heavy atom. The SMILES string of the molecule is COCCN(C)CCn1cc(N/C(=C\C(=N)C(C)(C)C)NC(=O)N[C@H]2CC[C@@H](Oc3ccc4nnc(N5CCCC[C@@H]5C)n4c3)c3ccccc32)cn1. The predicted molar refractivity (Wildman–Crippen MR) is 208 cm³/mol. The van der Waals surface area contributed by atoms with E-state index >= 15 is 0 Å². The first-order chi connectivity index (χ1) is 25.5. The van der Waals surface area contributed by atoms with E-state index in [9.17, 15) is 4.79 Å². The van der Waals surface area contributed by atoms with Gasteiger partial charge < -0.3 is 35.3 Å². The first-order valence-corrected chi connectivity index (χ1v) is 18.7. The number of methoxy groups -OCH3 is 1. The molecule has 4 aromatic rings. The second-order valence-electron chi connectivity index (χ2n) is 15.2. The van der Waals surface area contributed by atoms with Crippen molar-refractivity contribution < 1.29 is 14.3 Å². The highest BCUT2D eigenvalue weighted by Crippen LogP contribution is 2.39. The number of hydrogen-bond donors (Lipinski definition) is 4. The highest BCUT2D eigenvalue weighted by molar-refractivity contribution is 5.97. The largest absolute Gasteiger partial charge is 0.484 e. The molecular weight excluding hydrogens is 671 g/mol. The summed E-state index contributed by atoms with van der Waals surface area (Å²) in [6.45, 7) is 12.1. The molecule has 2 amide bonds. The van der Waals surface area contributed by atoms with Crippen LogP contribution in [0.3, 0.4) is 0 Å². The average molecular weight is 726 g/mol. The Kier molecular flexibility index (Phi) is 12.0. The minimum Gasteiger partial charge on any atom is -0.484 e. The zero-order valence-electron chi connectivity index (χ0n) is 31.9. The molecule has 1 saturated heterocycles. The van der Waals surface area contributed by atoms with Crippen molar-refractivity contribution in [2.45, 2.75) is 84.5 Å². The first-order valence-electron chi connectivity index (χ1n) is 18.7. The fourth-order valence-electron chi connectivity index (χ4n) is 6.83. The van der Waals surface area contributed by atoms with E-state index in [1.807, 2.05) is 73.6 Å². The van der Waals surface area contributed by atoms with Gasteiger partial charge in [-0.05, 0) is 69.3 Å². The standard InChI is InChI=1S/C39H55N11O3/c1-27-11-9-10-18-49(27)38-46-45-36-17-14-29(26-50(36)38)53-33-16-15-32(30-12-7-8-13-31(30)33)43-37(51)44-35(23-34(40)39(2,3)4)42-28-24-41-48(25-28)20-19-47(5)21-22-52-6/h7-8,12-14,17,23-27,32-33,40,42H,9-11,15-16,18-22H2,1-6H3,(H2,43,44,51)/b35-23+,40-34?/t27-,32-,33+/m0/s1. The molecule has 0 saturated carbocycles. The number of ether oxygens (including phenoxy) is 2. The summed E-state index contributed by atoms with van der Waals surface area (Å²) in [5, 5.41) is 31.6. The molecule has 3 atom stereocenters. The number of pyridine rings is 1. The number of nitrogens with one attached hydrogen (secondary N) is 4. The molecule has 6 rings (SSSR count). The van der Waals surface area contributed by atoms with Crippen molar-refractivity contribution in [3.8, 4) is 5.75 Å². The Labute approximate surface area is 312 Å². The number of amides is 2. The number of anilines is 2. The van der Waals surface area contributed by atoms with Gasteiger partial charge in [-0.2, -0.15) is 5.10 Å². The van der Waals surface area contributed by atoms with Crippen molar-refractivity contribution in [2.24, 2.45) is 5.41 Å². The third-order valence-corrected chi connectivity index (χ3v) is 10.1. The van der Waals surface area contributed by atoms with E-state index in [0.29, 0.717) is 49.3 Å².